The predicted molar refractivity (Wildman–Crippen MR) is 126 cm³/mol. The van der Waals surface area contributed by atoms with E-state index in [2.05, 4.69) is 25.7 Å². The number of aryl methyl sites for hydroxylation is 2. The van der Waals surface area contributed by atoms with Gasteiger partial charge in [-0.05, 0) is 37.5 Å². The lowest BCUT2D eigenvalue weighted by atomic mass is 10.1. The van der Waals surface area contributed by atoms with Crippen LogP contribution in [-0.2, 0) is 17.9 Å². The van der Waals surface area contributed by atoms with Gasteiger partial charge in [-0.3, -0.25) is 4.79 Å². The maximum atomic E-state index is 12.0. The fraction of sp³-hybridized carbons (Fsp3) is 0.500. The summed E-state index contributed by atoms with van der Waals surface area (Å²) in [7, 11) is 5.11. The van der Waals surface area contributed by atoms with Crippen molar-refractivity contribution >= 4 is 35.8 Å². The second kappa shape index (κ2) is 11.1. The summed E-state index contributed by atoms with van der Waals surface area (Å²) in [5, 5.41) is 11.0. The van der Waals surface area contributed by atoms with Crippen molar-refractivity contribution in [1.29, 1.82) is 0 Å². The SMILES string of the molecule is COc1ccc(CN=C(NCC(=O)N(C)C)NC2CCCn3nc(C)nc32)cc1.I. The number of fused-ring (bicyclic) bond motifs is 1. The number of benzene rings is 1. The quantitative estimate of drug-likeness (QED) is 0.339. The highest BCUT2D eigenvalue weighted by Gasteiger charge is 2.24. The largest absolute Gasteiger partial charge is 0.497 e. The minimum atomic E-state index is -0.0217. The number of guanidine groups is 1. The molecule has 2 N–H and O–H groups in total. The molecule has 0 aliphatic carbocycles. The molecule has 1 unspecified atom stereocenters. The molecule has 3 rings (SSSR count). The van der Waals surface area contributed by atoms with Crippen molar-refractivity contribution in [3.05, 3.63) is 41.5 Å². The van der Waals surface area contributed by atoms with E-state index in [1.54, 1.807) is 26.1 Å². The molecule has 0 fully saturated rings. The van der Waals surface area contributed by atoms with Crippen molar-refractivity contribution < 1.29 is 9.53 Å². The van der Waals surface area contributed by atoms with E-state index in [0.717, 1.165) is 42.3 Å². The van der Waals surface area contributed by atoms with Crippen LogP contribution in [-0.4, -0.2) is 59.3 Å². The number of likely N-dealkylation sites (N-methyl/N-ethyl adjacent to an activating group) is 1. The Labute approximate surface area is 194 Å². The molecule has 0 radical (unpaired) electrons. The van der Waals surface area contributed by atoms with Crippen LogP contribution in [0.3, 0.4) is 0 Å². The van der Waals surface area contributed by atoms with E-state index >= 15 is 0 Å². The van der Waals surface area contributed by atoms with Crippen LogP contribution in [0.2, 0.25) is 0 Å². The monoisotopic (exact) mass is 527 g/mol. The van der Waals surface area contributed by atoms with Gasteiger partial charge in [-0.2, -0.15) is 5.10 Å². The molecule has 1 atom stereocenters. The molecule has 9 nitrogen and oxygen atoms in total. The first-order valence-electron chi connectivity index (χ1n) is 9.75. The predicted octanol–water partition coefficient (Wildman–Crippen LogP) is 1.87. The molecule has 0 bridgehead atoms. The van der Waals surface area contributed by atoms with Gasteiger partial charge in [-0.15, -0.1) is 24.0 Å². The Morgan fingerprint density at radius 2 is 2.07 bits per heavy atom. The van der Waals surface area contributed by atoms with Crippen LogP contribution in [0.1, 0.15) is 36.1 Å². The number of carbonyl (C=O) groups excluding carboxylic acids is 1. The fourth-order valence-corrected chi connectivity index (χ4v) is 3.14. The summed E-state index contributed by atoms with van der Waals surface area (Å²) in [5.74, 6) is 3.04. The van der Waals surface area contributed by atoms with Crippen LogP contribution in [0.15, 0.2) is 29.3 Å². The number of halogens is 1. The van der Waals surface area contributed by atoms with Gasteiger partial charge in [-0.25, -0.2) is 14.7 Å². The topological polar surface area (TPSA) is 96.7 Å². The second-order valence-electron chi connectivity index (χ2n) is 7.23. The van der Waals surface area contributed by atoms with Gasteiger partial charge in [0.2, 0.25) is 5.91 Å². The fourth-order valence-electron chi connectivity index (χ4n) is 3.14. The molecule has 2 aromatic rings. The minimum Gasteiger partial charge on any atom is -0.497 e. The lowest BCUT2D eigenvalue weighted by Crippen LogP contribution is -2.45. The van der Waals surface area contributed by atoms with Gasteiger partial charge in [0, 0.05) is 20.6 Å². The first kappa shape index (κ1) is 23.9. The number of amides is 1. The Hall–Kier alpha value is -2.37. The number of nitrogens with one attached hydrogen (secondary N) is 2. The van der Waals surface area contributed by atoms with Crippen LogP contribution in [0.5, 0.6) is 5.75 Å². The van der Waals surface area contributed by atoms with Gasteiger partial charge in [0.05, 0.1) is 26.2 Å². The van der Waals surface area contributed by atoms with Gasteiger partial charge >= 0.3 is 0 Å². The number of hydrogen-bond donors (Lipinski definition) is 2. The summed E-state index contributed by atoms with van der Waals surface area (Å²) < 4.78 is 7.15. The molecule has 1 aliphatic rings. The highest BCUT2D eigenvalue weighted by Crippen LogP contribution is 2.22. The Balaban J connectivity index is 0.00000320. The lowest BCUT2D eigenvalue weighted by molar-refractivity contribution is -0.127. The molecule has 30 heavy (non-hydrogen) atoms. The normalized spacial score (nSPS) is 15.6. The number of rotatable bonds is 6. The molecule has 1 amide bonds. The average molecular weight is 527 g/mol. The zero-order valence-corrected chi connectivity index (χ0v) is 20.2. The molecule has 2 heterocycles. The van der Waals surface area contributed by atoms with Gasteiger partial charge < -0.3 is 20.3 Å². The molecule has 164 valence electrons. The first-order chi connectivity index (χ1) is 14.0. The summed E-state index contributed by atoms with van der Waals surface area (Å²) in [4.78, 5) is 22.8. The molecule has 0 saturated carbocycles. The zero-order valence-electron chi connectivity index (χ0n) is 17.9. The van der Waals surface area contributed by atoms with Crippen molar-refractivity contribution in [2.45, 2.75) is 38.9 Å². The number of ether oxygens (including phenoxy) is 1. The smallest absolute Gasteiger partial charge is 0.241 e. The standard InChI is InChI=1S/C20H29N7O2.HI/c1-14-23-19-17(6-5-11-27(19)25-14)24-20(22-13-18(28)26(2)3)21-12-15-7-9-16(29-4)10-8-15;/h7-10,17H,5-6,11-13H2,1-4H3,(H2,21,22,24);1H. The van der Waals surface area contributed by atoms with Crippen molar-refractivity contribution in [1.82, 2.24) is 30.3 Å². The van der Waals surface area contributed by atoms with Crippen LogP contribution in [0.25, 0.3) is 0 Å². The number of aromatic nitrogens is 3. The number of methoxy groups -OCH3 is 1. The van der Waals surface area contributed by atoms with Crippen LogP contribution < -0.4 is 15.4 Å². The highest BCUT2D eigenvalue weighted by molar-refractivity contribution is 14.0. The number of aliphatic imine (C=N–C) groups is 1. The molecular formula is C20H30IN7O2. The molecule has 1 aliphatic heterocycles. The number of carbonyl (C=O) groups is 1. The van der Waals surface area contributed by atoms with Gasteiger partial charge in [-0.1, -0.05) is 12.1 Å². The van der Waals surface area contributed by atoms with Crippen molar-refractivity contribution in [3.8, 4) is 5.75 Å². The van der Waals surface area contributed by atoms with E-state index in [1.165, 1.54) is 0 Å². The summed E-state index contributed by atoms with van der Waals surface area (Å²) in [6.45, 7) is 3.42. The van der Waals surface area contributed by atoms with Crippen molar-refractivity contribution in [2.24, 2.45) is 4.99 Å². The summed E-state index contributed by atoms with van der Waals surface area (Å²) in [6.07, 6.45) is 1.94. The minimum absolute atomic E-state index is 0. The van der Waals surface area contributed by atoms with Crippen LogP contribution in [0, 0.1) is 6.92 Å². The van der Waals surface area contributed by atoms with Gasteiger partial charge in [0.25, 0.3) is 0 Å². The third kappa shape index (κ3) is 6.31. The van der Waals surface area contributed by atoms with E-state index in [4.69, 9.17) is 4.74 Å². The molecule has 1 aromatic carbocycles. The Morgan fingerprint density at radius 1 is 1.33 bits per heavy atom. The molecule has 10 heteroatoms. The zero-order chi connectivity index (χ0) is 20.8. The maximum absolute atomic E-state index is 12.0. The lowest BCUT2D eigenvalue weighted by Gasteiger charge is -2.25. The molecule has 0 saturated heterocycles. The Kier molecular flexibility index (Phi) is 8.88. The van der Waals surface area contributed by atoms with Gasteiger partial charge in [0.1, 0.15) is 17.4 Å². The molecule has 1 aromatic heterocycles. The van der Waals surface area contributed by atoms with E-state index in [-0.39, 0.29) is 42.5 Å². The summed E-state index contributed by atoms with van der Waals surface area (Å²) in [6, 6.07) is 7.78. The molecule has 0 spiro atoms. The van der Waals surface area contributed by atoms with Crippen LogP contribution in [0.4, 0.5) is 0 Å². The highest BCUT2D eigenvalue weighted by atomic mass is 127. The van der Waals surface area contributed by atoms with Crippen molar-refractivity contribution in [2.75, 3.05) is 27.7 Å². The maximum Gasteiger partial charge on any atom is 0.241 e. The third-order valence-corrected chi connectivity index (χ3v) is 4.78. The summed E-state index contributed by atoms with van der Waals surface area (Å²) in [5.41, 5.74) is 1.05. The van der Waals surface area contributed by atoms with Gasteiger partial charge in [0.15, 0.2) is 5.96 Å². The Bertz CT molecular complexity index is 865. The first-order valence-corrected chi connectivity index (χ1v) is 9.75. The molecular weight excluding hydrogens is 497 g/mol. The summed E-state index contributed by atoms with van der Waals surface area (Å²) >= 11 is 0. The van der Waals surface area contributed by atoms with Crippen molar-refractivity contribution in [3.63, 3.8) is 0 Å². The van der Waals surface area contributed by atoms with E-state index in [1.807, 2.05) is 35.9 Å². The Morgan fingerprint density at radius 3 is 2.73 bits per heavy atom. The number of hydrogen-bond acceptors (Lipinski definition) is 5. The second-order valence-corrected chi connectivity index (χ2v) is 7.23. The van der Waals surface area contributed by atoms with Crippen LogP contribution >= 0.6 is 24.0 Å². The van der Waals surface area contributed by atoms with E-state index < -0.39 is 0 Å². The third-order valence-electron chi connectivity index (χ3n) is 4.78. The average Bonchev–Trinajstić information content (AvgIpc) is 3.11. The number of nitrogens with zero attached hydrogens (tertiary/aromatic N) is 5. The van der Waals surface area contributed by atoms with E-state index in [9.17, 15) is 4.79 Å². The van der Waals surface area contributed by atoms with E-state index in [0.29, 0.717) is 12.5 Å².